The minimum Gasteiger partial charge on any atom is -0.331 e. The fourth-order valence-corrected chi connectivity index (χ4v) is 2.24. The average molecular weight is 355 g/mol. The molecule has 9 heteroatoms. The zero-order valence-corrected chi connectivity index (χ0v) is 14.1. The molecule has 2 aromatic rings. The van der Waals surface area contributed by atoms with Crippen LogP contribution in [0.15, 0.2) is 29.4 Å². The second kappa shape index (κ2) is 7.00. The van der Waals surface area contributed by atoms with Crippen LogP contribution in [0.3, 0.4) is 0 Å². The summed E-state index contributed by atoms with van der Waals surface area (Å²) in [5.74, 6) is 0. The van der Waals surface area contributed by atoms with E-state index in [2.05, 4.69) is 20.9 Å². The highest BCUT2D eigenvalue weighted by molar-refractivity contribution is 7.80. The number of alkyl halides is 3. The van der Waals surface area contributed by atoms with E-state index in [0.29, 0.717) is 0 Å². The van der Waals surface area contributed by atoms with Crippen LogP contribution < -0.4 is 10.7 Å². The van der Waals surface area contributed by atoms with Crippen molar-refractivity contribution in [1.29, 1.82) is 0 Å². The number of benzene rings is 1. The first-order valence-corrected chi connectivity index (χ1v) is 7.37. The first-order chi connectivity index (χ1) is 11.2. The third-order valence-corrected chi connectivity index (χ3v) is 3.57. The van der Waals surface area contributed by atoms with Crippen molar-refractivity contribution < 1.29 is 13.2 Å². The van der Waals surface area contributed by atoms with E-state index in [1.165, 1.54) is 12.1 Å². The summed E-state index contributed by atoms with van der Waals surface area (Å²) in [6.45, 7) is 3.76. The van der Waals surface area contributed by atoms with Gasteiger partial charge in [0, 0.05) is 24.0 Å². The standard InChI is InChI=1S/C15H16F3N5S/c1-9-13(10(2)23(3)22-9)8-19-21-14(24)20-12-6-4-5-11(7-12)15(16,17)18/h4-8H,1-3H3,(H2,20,21,24)/b19-8-. The van der Waals surface area contributed by atoms with Gasteiger partial charge in [0.05, 0.1) is 17.5 Å². The maximum atomic E-state index is 12.7. The van der Waals surface area contributed by atoms with Crippen molar-refractivity contribution in [2.45, 2.75) is 20.0 Å². The Kier molecular flexibility index (Phi) is 5.23. The van der Waals surface area contributed by atoms with Gasteiger partial charge in [0.15, 0.2) is 5.11 Å². The van der Waals surface area contributed by atoms with Gasteiger partial charge in [-0.25, -0.2) is 0 Å². The minimum atomic E-state index is -4.40. The Morgan fingerprint density at radius 3 is 2.62 bits per heavy atom. The second-order valence-corrected chi connectivity index (χ2v) is 5.52. The molecule has 1 aromatic heterocycles. The van der Waals surface area contributed by atoms with E-state index >= 15 is 0 Å². The molecule has 0 radical (unpaired) electrons. The van der Waals surface area contributed by atoms with Crippen molar-refractivity contribution in [1.82, 2.24) is 15.2 Å². The highest BCUT2D eigenvalue weighted by Crippen LogP contribution is 2.30. The molecule has 0 aliphatic rings. The maximum absolute atomic E-state index is 12.7. The number of aromatic nitrogens is 2. The van der Waals surface area contributed by atoms with Crippen molar-refractivity contribution >= 4 is 29.2 Å². The third-order valence-electron chi connectivity index (χ3n) is 3.37. The largest absolute Gasteiger partial charge is 0.416 e. The molecule has 0 aliphatic heterocycles. The van der Waals surface area contributed by atoms with Gasteiger partial charge in [-0.15, -0.1) is 0 Å². The molecular formula is C15H16F3N5S. The first kappa shape index (κ1) is 17.9. The van der Waals surface area contributed by atoms with Gasteiger partial charge >= 0.3 is 6.18 Å². The predicted molar refractivity (Wildman–Crippen MR) is 91.1 cm³/mol. The number of aryl methyl sites for hydroxylation is 2. The fourth-order valence-electron chi connectivity index (χ4n) is 2.06. The average Bonchev–Trinajstić information content (AvgIpc) is 2.73. The molecule has 0 aliphatic carbocycles. The van der Waals surface area contributed by atoms with E-state index in [4.69, 9.17) is 12.2 Å². The molecule has 0 spiro atoms. The molecule has 0 atom stereocenters. The lowest BCUT2D eigenvalue weighted by molar-refractivity contribution is -0.137. The van der Waals surface area contributed by atoms with Gasteiger partial charge in [-0.2, -0.15) is 23.4 Å². The monoisotopic (exact) mass is 355 g/mol. The van der Waals surface area contributed by atoms with E-state index in [0.717, 1.165) is 29.1 Å². The van der Waals surface area contributed by atoms with Crippen molar-refractivity contribution in [2.75, 3.05) is 5.32 Å². The number of nitrogens with zero attached hydrogens (tertiary/aromatic N) is 3. The molecule has 0 bridgehead atoms. The van der Waals surface area contributed by atoms with E-state index in [1.807, 2.05) is 20.9 Å². The summed E-state index contributed by atoms with van der Waals surface area (Å²) in [6.07, 6.45) is -2.84. The van der Waals surface area contributed by atoms with Crippen molar-refractivity contribution in [3.05, 3.63) is 46.8 Å². The van der Waals surface area contributed by atoms with Gasteiger partial charge in [-0.1, -0.05) is 6.07 Å². The molecule has 24 heavy (non-hydrogen) atoms. The lowest BCUT2D eigenvalue weighted by atomic mass is 10.2. The number of hydrogen-bond acceptors (Lipinski definition) is 3. The quantitative estimate of drug-likeness (QED) is 0.504. The van der Waals surface area contributed by atoms with E-state index in [1.54, 1.807) is 10.9 Å². The fraction of sp³-hybridized carbons (Fsp3) is 0.267. The van der Waals surface area contributed by atoms with Crippen molar-refractivity contribution in [3.8, 4) is 0 Å². The molecule has 0 fully saturated rings. The summed E-state index contributed by atoms with van der Waals surface area (Å²) in [4.78, 5) is 0. The van der Waals surface area contributed by atoms with Crippen LogP contribution in [-0.2, 0) is 13.2 Å². The number of halogens is 3. The van der Waals surface area contributed by atoms with Gasteiger partial charge in [0.2, 0.25) is 0 Å². The molecular weight excluding hydrogens is 339 g/mol. The molecule has 0 amide bonds. The SMILES string of the molecule is Cc1nn(C)c(C)c1/C=N\NC(=S)Nc1cccc(C(F)(F)F)c1. The lowest BCUT2D eigenvalue weighted by Crippen LogP contribution is -2.24. The smallest absolute Gasteiger partial charge is 0.331 e. The Hall–Kier alpha value is -2.42. The number of hydrazone groups is 1. The Morgan fingerprint density at radius 1 is 1.33 bits per heavy atom. The molecule has 2 rings (SSSR count). The second-order valence-electron chi connectivity index (χ2n) is 5.11. The number of rotatable bonds is 3. The van der Waals surface area contributed by atoms with Crippen LogP contribution in [0.25, 0.3) is 0 Å². The number of thiocarbonyl (C=S) groups is 1. The number of anilines is 1. The maximum Gasteiger partial charge on any atom is 0.416 e. The Bertz CT molecular complexity index is 780. The van der Waals surface area contributed by atoms with Crippen LogP contribution >= 0.6 is 12.2 Å². The Balaban J connectivity index is 2.00. The molecule has 1 aromatic carbocycles. The summed E-state index contributed by atoms with van der Waals surface area (Å²) in [5, 5.41) is 11.0. The zero-order valence-electron chi connectivity index (χ0n) is 13.3. The number of hydrogen-bond donors (Lipinski definition) is 2. The van der Waals surface area contributed by atoms with Crippen molar-refractivity contribution in [3.63, 3.8) is 0 Å². The first-order valence-electron chi connectivity index (χ1n) is 6.96. The Labute approximate surface area is 142 Å². The highest BCUT2D eigenvalue weighted by Gasteiger charge is 2.30. The zero-order chi connectivity index (χ0) is 17.9. The molecule has 0 saturated heterocycles. The molecule has 0 saturated carbocycles. The normalized spacial score (nSPS) is 11.8. The number of nitrogens with one attached hydrogen (secondary N) is 2. The summed E-state index contributed by atoms with van der Waals surface area (Å²) >= 11 is 5.02. The highest BCUT2D eigenvalue weighted by atomic mass is 32.1. The molecule has 5 nitrogen and oxygen atoms in total. The molecule has 1 heterocycles. The van der Waals surface area contributed by atoms with Gasteiger partial charge < -0.3 is 5.32 Å². The van der Waals surface area contributed by atoms with Crippen molar-refractivity contribution in [2.24, 2.45) is 12.1 Å². The van der Waals surface area contributed by atoms with Gasteiger partial charge in [-0.3, -0.25) is 10.1 Å². The topological polar surface area (TPSA) is 54.2 Å². The van der Waals surface area contributed by atoms with Crippen LogP contribution in [0.5, 0.6) is 0 Å². The lowest BCUT2D eigenvalue weighted by Gasteiger charge is -2.10. The summed E-state index contributed by atoms with van der Waals surface area (Å²) in [6, 6.07) is 4.77. The summed E-state index contributed by atoms with van der Waals surface area (Å²) in [5.41, 5.74) is 4.66. The third kappa shape index (κ3) is 4.31. The van der Waals surface area contributed by atoms with Gasteiger partial charge in [0.25, 0.3) is 0 Å². The molecule has 2 N–H and O–H groups in total. The molecule has 0 unspecified atom stereocenters. The van der Waals surface area contributed by atoms with Gasteiger partial charge in [-0.05, 0) is 44.3 Å². The van der Waals surface area contributed by atoms with Crippen LogP contribution in [-0.4, -0.2) is 21.1 Å². The Morgan fingerprint density at radius 2 is 2.04 bits per heavy atom. The minimum absolute atomic E-state index is 0.0878. The van der Waals surface area contributed by atoms with Crippen LogP contribution in [0.2, 0.25) is 0 Å². The van der Waals surface area contributed by atoms with Crippen LogP contribution in [0.1, 0.15) is 22.5 Å². The summed E-state index contributed by atoms with van der Waals surface area (Å²) in [7, 11) is 1.83. The van der Waals surface area contributed by atoms with E-state index in [9.17, 15) is 13.2 Å². The van der Waals surface area contributed by atoms with E-state index < -0.39 is 11.7 Å². The molecule has 128 valence electrons. The summed E-state index contributed by atoms with van der Waals surface area (Å²) < 4.78 is 39.7. The van der Waals surface area contributed by atoms with E-state index in [-0.39, 0.29) is 10.8 Å². The van der Waals surface area contributed by atoms with Crippen LogP contribution in [0, 0.1) is 13.8 Å². The van der Waals surface area contributed by atoms with Gasteiger partial charge in [0.1, 0.15) is 0 Å². The predicted octanol–water partition coefficient (Wildman–Crippen LogP) is 3.38. The van der Waals surface area contributed by atoms with Crippen LogP contribution in [0.4, 0.5) is 18.9 Å².